The van der Waals surface area contributed by atoms with E-state index in [1.807, 2.05) is 0 Å². The molecule has 0 unspecified atom stereocenters. The maximum absolute atomic E-state index is 2.29. The van der Waals surface area contributed by atoms with Gasteiger partial charge in [0.25, 0.3) is 0 Å². The SMILES string of the molecule is CC(C)(C)c1ccc(C=C2C=CCC2)cc1. The van der Waals surface area contributed by atoms with Crippen LogP contribution in [0.1, 0.15) is 44.7 Å². The fourth-order valence-corrected chi connectivity index (χ4v) is 1.98. The summed E-state index contributed by atoms with van der Waals surface area (Å²) in [5.74, 6) is 0. The summed E-state index contributed by atoms with van der Waals surface area (Å²) in [5, 5.41) is 0. The van der Waals surface area contributed by atoms with Crippen LogP contribution < -0.4 is 0 Å². The zero-order valence-electron chi connectivity index (χ0n) is 10.5. The Morgan fingerprint density at radius 1 is 1.06 bits per heavy atom. The van der Waals surface area contributed by atoms with Gasteiger partial charge in [0, 0.05) is 0 Å². The summed E-state index contributed by atoms with van der Waals surface area (Å²) in [7, 11) is 0. The van der Waals surface area contributed by atoms with Gasteiger partial charge in [-0.15, -0.1) is 0 Å². The van der Waals surface area contributed by atoms with Crippen LogP contribution >= 0.6 is 0 Å². The molecule has 16 heavy (non-hydrogen) atoms. The average molecular weight is 212 g/mol. The van der Waals surface area contributed by atoms with Crippen molar-refractivity contribution in [2.75, 3.05) is 0 Å². The van der Waals surface area contributed by atoms with Gasteiger partial charge in [-0.05, 0) is 35.0 Å². The van der Waals surface area contributed by atoms with Crippen molar-refractivity contribution < 1.29 is 0 Å². The molecule has 0 aliphatic heterocycles. The summed E-state index contributed by atoms with van der Waals surface area (Å²) in [6, 6.07) is 8.93. The summed E-state index contributed by atoms with van der Waals surface area (Å²) in [5.41, 5.74) is 4.41. The first-order valence-corrected chi connectivity index (χ1v) is 6.03. The van der Waals surface area contributed by atoms with E-state index in [4.69, 9.17) is 0 Å². The van der Waals surface area contributed by atoms with Crippen LogP contribution in [0.15, 0.2) is 42.0 Å². The lowest BCUT2D eigenvalue weighted by molar-refractivity contribution is 0.590. The maximum Gasteiger partial charge on any atom is -0.0132 e. The van der Waals surface area contributed by atoms with Gasteiger partial charge in [0.1, 0.15) is 0 Å². The minimum absolute atomic E-state index is 0.249. The third-order valence-corrected chi connectivity index (χ3v) is 3.06. The summed E-state index contributed by atoms with van der Waals surface area (Å²) >= 11 is 0. The number of benzene rings is 1. The minimum atomic E-state index is 0.249. The molecule has 0 N–H and O–H groups in total. The van der Waals surface area contributed by atoms with E-state index in [1.165, 1.54) is 29.5 Å². The first-order valence-electron chi connectivity index (χ1n) is 6.03. The molecule has 0 saturated carbocycles. The lowest BCUT2D eigenvalue weighted by Crippen LogP contribution is -2.10. The lowest BCUT2D eigenvalue weighted by atomic mass is 9.86. The fraction of sp³-hybridized carbons (Fsp3) is 0.375. The first-order chi connectivity index (χ1) is 7.55. The van der Waals surface area contributed by atoms with E-state index in [9.17, 15) is 0 Å². The Hall–Kier alpha value is -1.30. The molecule has 0 heterocycles. The van der Waals surface area contributed by atoms with Crippen LogP contribution in [0.4, 0.5) is 0 Å². The van der Waals surface area contributed by atoms with Crippen molar-refractivity contribution in [2.45, 2.75) is 39.0 Å². The molecule has 1 aromatic rings. The number of allylic oxidation sites excluding steroid dienone is 3. The minimum Gasteiger partial charge on any atom is -0.0839 e. The van der Waals surface area contributed by atoms with E-state index in [2.05, 4.69) is 63.3 Å². The van der Waals surface area contributed by atoms with Crippen molar-refractivity contribution in [1.29, 1.82) is 0 Å². The van der Waals surface area contributed by atoms with Crippen LogP contribution in [-0.2, 0) is 5.41 Å². The Labute approximate surface area is 98.7 Å². The zero-order valence-corrected chi connectivity index (χ0v) is 10.5. The summed E-state index contributed by atoms with van der Waals surface area (Å²) < 4.78 is 0. The molecule has 0 bridgehead atoms. The summed E-state index contributed by atoms with van der Waals surface area (Å²) in [6.45, 7) is 6.75. The highest BCUT2D eigenvalue weighted by atomic mass is 14.2. The van der Waals surface area contributed by atoms with Gasteiger partial charge in [0.05, 0.1) is 0 Å². The molecule has 0 aromatic heterocycles. The molecule has 0 fully saturated rings. The molecule has 1 aromatic carbocycles. The van der Waals surface area contributed by atoms with Crippen molar-refractivity contribution >= 4 is 6.08 Å². The summed E-state index contributed by atoms with van der Waals surface area (Å²) in [4.78, 5) is 0. The molecular formula is C16H20. The molecule has 0 heteroatoms. The highest BCUT2D eigenvalue weighted by Crippen LogP contribution is 2.24. The topological polar surface area (TPSA) is 0 Å². The Morgan fingerprint density at radius 3 is 2.25 bits per heavy atom. The largest absolute Gasteiger partial charge is 0.0839 e. The molecule has 0 atom stereocenters. The van der Waals surface area contributed by atoms with Gasteiger partial charge in [-0.25, -0.2) is 0 Å². The summed E-state index contributed by atoms with van der Waals surface area (Å²) in [6.07, 6.45) is 9.16. The van der Waals surface area contributed by atoms with Gasteiger partial charge < -0.3 is 0 Å². The predicted octanol–water partition coefficient (Wildman–Crippen LogP) is 4.72. The highest BCUT2D eigenvalue weighted by molar-refractivity contribution is 5.57. The second-order valence-corrected chi connectivity index (χ2v) is 5.53. The molecule has 0 amide bonds. The van der Waals surface area contributed by atoms with Gasteiger partial charge in [-0.3, -0.25) is 0 Å². The van der Waals surface area contributed by atoms with Crippen molar-refractivity contribution in [3.8, 4) is 0 Å². The smallest absolute Gasteiger partial charge is 0.0132 e. The van der Waals surface area contributed by atoms with Crippen molar-refractivity contribution in [2.24, 2.45) is 0 Å². The molecule has 2 rings (SSSR count). The Balaban J connectivity index is 2.20. The molecule has 0 nitrogen and oxygen atoms in total. The standard InChI is InChI=1S/C16H20/c1-16(2,3)15-10-8-14(9-11-15)12-13-6-4-5-7-13/h4,6,8-12H,5,7H2,1-3H3. The predicted molar refractivity (Wildman–Crippen MR) is 71.5 cm³/mol. The third-order valence-electron chi connectivity index (χ3n) is 3.06. The van der Waals surface area contributed by atoms with E-state index >= 15 is 0 Å². The van der Waals surface area contributed by atoms with Gasteiger partial charge in [-0.1, -0.05) is 63.3 Å². The third kappa shape index (κ3) is 2.63. The van der Waals surface area contributed by atoms with Crippen LogP contribution in [0.25, 0.3) is 6.08 Å². The Kier molecular flexibility index (Phi) is 3.00. The normalized spacial score (nSPS) is 18.3. The molecule has 1 aliphatic carbocycles. The zero-order chi connectivity index (χ0) is 11.6. The van der Waals surface area contributed by atoms with Gasteiger partial charge >= 0.3 is 0 Å². The average Bonchev–Trinajstić information content (AvgIpc) is 2.70. The Bertz CT molecular complexity index is 410. The molecule has 1 aliphatic rings. The van der Waals surface area contributed by atoms with Crippen molar-refractivity contribution in [3.63, 3.8) is 0 Å². The van der Waals surface area contributed by atoms with Crippen LogP contribution in [0.5, 0.6) is 0 Å². The van der Waals surface area contributed by atoms with E-state index in [0.29, 0.717) is 0 Å². The molecule has 0 radical (unpaired) electrons. The molecule has 0 saturated heterocycles. The van der Waals surface area contributed by atoms with E-state index in [1.54, 1.807) is 0 Å². The molecule has 84 valence electrons. The monoisotopic (exact) mass is 212 g/mol. The highest BCUT2D eigenvalue weighted by Gasteiger charge is 2.12. The van der Waals surface area contributed by atoms with Crippen LogP contribution in [0.2, 0.25) is 0 Å². The van der Waals surface area contributed by atoms with Crippen LogP contribution in [0.3, 0.4) is 0 Å². The number of hydrogen-bond acceptors (Lipinski definition) is 0. The van der Waals surface area contributed by atoms with Gasteiger partial charge in [0.2, 0.25) is 0 Å². The van der Waals surface area contributed by atoms with E-state index in [-0.39, 0.29) is 5.41 Å². The maximum atomic E-state index is 2.29. The quantitative estimate of drug-likeness (QED) is 0.632. The van der Waals surface area contributed by atoms with Gasteiger partial charge in [0.15, 0.2) is 0 Å². The second-order valence-electron chi connectivity index (χ2n) is 5.53. The molecular weight excluding hydrogens is 192 g/mol. The molecule has 0 spiro atoms. The van der Waals surface area contributed by atoms with Crippen molar-refractivity contribution in [3.05, 3.63) is 53.1 Å². The van der Waals surface area contributed by atoms with Crippen molar-refractivity contribution in [1.82, 2.24) is 0 Å². The first kappa shape index (κ1) is 11.2. The number of rotatable bonds is 1. The van der Waals surface area contributed by atoms with Crippen LogP contribution in [0, 0.1) is 0 Å². The number of hydrogen-bond donors (Lipinski definition) is 0. The fourth-order valence-electron chi connectivity index (χ4n) is 1.98. The van der Waals surface area contributed by atoms with Gasteiger partial charge in [-0.2, -0.15) is 0 Å². The van der Waals surface area contributed by atoms with Crippen LogP contribution in [-0.4, -0.2) is 0 Å². The second kappa shape index (κ2) is 4.29. The Morgan fingerprint density at radius 2 is 1.75 bits per heavy atom. The lowest BCUT2D eigenvalue weighted by Gasteiger charge is -2.18. The van der Waals surface area contributed by atoms with E-state index < -0.39 is 0 Å². The van der Waals surface area contributed by atoms with E-state index in [0.717, 1.165) is 0 Å².